The Morgan fingerprint density at radius 2 is 2.46 bits per heavy atom. The van der Waals surface area contributed by atoms with E-state index in [1.165, 1.54) is 4.68 Å². The maximum atomic E-state index is 10.9. The van der Waals surface area contributed by atoms with Gasteiger partial charge in [-0.05, 0) is 16.0 Å². The summed E-state index contributed by atoms with van der Waals surface area (Å²) >= 11 is 3.08. The van der Waals surface area contributed by atoms with Crippen LogP contribution in [-0.2, 0) is 0 Å². The molecule has 0 radical (unpaired) electrons. The Labute approximate surface area is 81.1 Å². The van der Waals surface area contributed by atoms with Crippen LogP contribution in [0.15, 0.2) is 38.4 Å². The highest BCUT2D eigenvalue weighted by Crippen LogP contribution is 1.99. The summed E-state index contributed by atoms with van der Waals surface area (Å²) in [6, 6.07) is 3.56. The van der Waals surface area contributed by atoms with E-state index in [0.717, 1.165) is 5.69 Å². The Bertz CT molecular complexity index is 462. The lowest BCUT2D eigenvalue weighted by molar-refractivity contribution is -0.680. The van der Waals surface area contributed by atoms with Gasteiger partial charge in [0.1, 0.15) is 6.20 Å². The lowest BCUT2D eigenvalue weighted by Gasteiger charge is -1.86. The molecule has 0 aromatic carbocycles. The van der Waals surface area contributed by atoms with E-state index in [1.54, 1.807) is 24.5 Å². The van der Waals surface area contributed by atoms with Crippen LogP contribution in [0.2, 0.25) is 0 Å². The normalized spacial score (nSPS) is 10.2. The molecular formula is C7H5BrN3O2+. The zero-order chi connectivity index (χ0) is 9.26. The molecule has 2 rings (SSSR count). The third-order valence-electron chi connectivity index (χ3n) is 1.50. The van der Waals surface area contributed by atoms with E-state index in [-0.39, 0.29) is 0 Å². The fourth-order valence-electron chi connectivity index (χ4n) is 0.913. The van der Waals surface area contributed by atoms with E-state index in [4.69, 9.17) is 0 Å². The SMILES string of the molecule is O=c1o[nH][n+](-c2cccnc2)c1Br. The van der Waals surface area contributed by atoms with E-state index in [2.05, 4.69) is 30.7 Å². The number of nitrogens with zero attached hydrogens (tertiary/aromatic N) is 2. The summed E-state index contributed by atoms with van der Waals surface area (Å²) in [5.74, 6) is 0. The topological polar surface area (TPSA) is 62.8 Å². The molecule has 0 aliphatic rings. The minimum atomic E-state index is -0.455. The lowest BCUT2D eigenvalue weighted by Crippen LogP contribution is -2.34. The standard InChI is InChI=1S/C7H4BrN3O2/c8-6-7(12)13-10-11(6)5-2-1-3-9-4-5/h1-4H/p+1. The van der Waals surface area contributed by atoms with Crippen LogP contribution in [0, 0.1) is 0 Å². The second-order valence-electron chi connectivity index (χ2n) is 2.32. The Morgan fingerprint density at radius 3 is 3.00 bits per heavy atom. The van der Waals surface area contributed by atoms with Gasteiger partial charge in [-0.25, -0.2) is 4.79 Å². The molecule has 0 atom stereocenters. The van der Waals surface area contributed by atoms with Gasteiger partial charge < -0.3 is 0 Å². The highest BCUT2D eigenvalue weighted by Gasteiger charge is 2.19. The quantitative estimate of drug-likeness (QED) is 0.737. The maximum Gasteiger partial charge on any atom is 0.442 e. The average Bonchev–Trinajstić information content (AvgIpc) is 2.49. The van der Waals surface area contributed by atoms with Gasteiger partial charge in [-0.1, -0.05) is 0 Å². The zero-order valence-corrected chi connectivity index (χ0v) is 7.98. The molecule has 0 aliphatic carbocycles. The van der Waals surface area contributed by atoms with Gasteiger partial charge in [-0.3, -0.25) is 9.51 Å². The average molecular weight is 243 g/mol. The first-order chi connectivity index (χ1) is 6.29. The summed E-state index contributed by atoms with van der Waals surface area (Å²) in [7, 11) is 0. The monoisotopic (exact) mass is 242 g/mol. The second kappa shape index (κ2) is 3.14. The van der Waals surface area contributed by atoms with Crippen molar-refractivity contribution in [2.45, 2.75) is 0 Å². The fourth-order valence-corrected chi connectivity index (χ4v) is 1.27. The van der Waals surface area contributed by atoms with Crippen molar-refractivity contribution in [1.82, 2.24) is 10.3 Å². The molecule has 0 amide bonds. The van der Waals surface area contributed by atoms with Crippen LogP contribution >= 0.6 is 15.9 Å². The molecule has 5 nitrogen and oxygen atoms in total. The number of halogens is 1. The molecule has 0 unspecified atom stereocenters. The van der Waals surface area contributed by atoms with Gasteiger partial charge in [0.25, 0.3) is 5.69 Å². The Balaban J connectivity index is 2.60. The van der Waals surface area contributed by atoms with Crippen LogP contribution in [0.4, 0.5) is 0 Å². The van der Waals surface area contributed by atoms with Crippen molar-refractivity contribution in [2.75, 3.05) is 0 Å². The number of H-pyrrole nitrogens is 1. The van der Waals surface area contributed by atoms with E-state index in [9.17, 15) is 4.79 Å². The molecule has 13 heavy (non-hydrogen) atoms. The molecule has 66 valence electrons. The van der Waals surface area contributed by atoms with Crippen LogP contribution < -0.4 is 10.3 Å². The molecule has 0 fully saturated rings. The van der Waals surface area contributed by atoms with Gasteiger partial charge in [0, 0.05) is 28.2 Å². The van der Waals surface area contributed by atoms with Gasteiger partial charge in [-0.2, -0.15) is 0 Å². The number of aromatic nitrogens is 3. The number of nitrogens with one attached hydrogen (secondary N) is 1. The van der Waals surface area contributed by atoms with Gasteiger partial charge >= 0.3 is 10.2 Å². The molecule has 2 heterocycles. The molecule has 0 bridgehead atoms. The molecule has 2 aromatic rings. The summed E-state index contributed by atoms with van der Waals surface area (Å²) in [5.41, 5.74) is 0.268. The Morgan fingerprint density at radius 1 is 1.62 bits per heavy atom. The molecule has 0 spiro atoms. The first-order valence-electron chi connectivity index (χ1n) is 3.48. The zero-order valence-electron chi connectivity index (χ0n) is 6.40. The van der Waals surface area contributed by atoms with Crippen LogP contribution in [0.3, 0.4) is 0 Å². The molecule has 0 saturated heterocycles. The van der Waals surface area contributed by atoms with Gasteiger partial charge in [0.2, 0.25) is 0 Å². The Kier molecular flexibility index (Phi) is 1.97. The van der Waals surface area contributed by atoms with E-state index in [1.807, 2.05) is 0 Å². The molecule has 1 N–H and O–H groups in total. The van der Waals surface area contributed by atoms with Crippen molar-refractivity contribution in [3.63, 3.8) is 0 Å². The Hall–Kier alpha value is -1.43. The largest absolute Gasteiger partial charge is 0.442 e. The summed E-state index contributed by atoms with van der Waals surface area (Å²) in [6.45, 7) is 0. The van der Waals surface area contributed by atoms with Crippen molar-refractivity contribution < 1.29 is 9.20 Å². The first kappa shape index (κ1) is 8.18. The number of rotatable bonds is 1. The predicted molar refractivity (Wildman–Crippen MR) is 46.4 cm³/mol. The van der Waals surface area contributed by atoms with Crippen molar-refractivity contribution in [3.05, 3.63) is 39.5 Å². The third-order valence-corrected chi connectivity index (χ3v) is 2.18. The first-order valence-corrected chi connectivity index (χ1v) is 4.28. The van der Waals surface area contributed by atoms with Gasteiger partial charge in [0.15, 0.2) is 0 Å². The van der Waals surface area contributed by atoms with Crippen molar-refractivity contribution >= 4 is 15.9 Å². The highest BCUT2D eigenvalue weighted by molar-refractivity contribution is 9.10. The summed E-state index contributed by atoms with van der Waals surface area (Å²) in [5, 5.41) is 2.43. The molecule has 0 saturated carbocycles. The van der Waals surface area contributed by atoms with Crippen LogP contribution in [0.25, 0.3) is 5.69 Å². The van der Waals surface area contributed by atoms with Crippen LogP contribution in [0.5, 0.6) is 0 Å². The summed E-state index contributed by atoms with van der Waals surface area (Å²) in [4.78, 5) is 14.8. The highest BCUT2D eigenvalue weighted by atomic mass is 79.9. The fraction of sp³-hybridized carbons (Fsp3) is 0. The minimum absolute atomic E-state index is 0.306. The van der Waals surface area contributed by atoms with Crippen molar-refractivity contribution in [2.24, 2.45) is 0 Å². The van der Waals surface area contributed by atoms with Crippen LogP contribution in [-0.4, -0.2) is 10.3 Å². The number of hydrogen-bond acceptors (Lipinski definition) is 3. The second-order valence-corrected chi connectivity index (χ2v) is 3.07. The van der Waals surface area contributed by atoms with E-state index >= 15 is 0 Å². The van der Waals surface area contributed by atoms with Crippen LogP contribution in [0.1, 0.15) is 0 Å². The lowest BCUT2D eigenvalue weighted by atomic mass is 10.4. The molecule has 0 aliphatic heterocycles. The minimum Gasteiger partial charge on any atom is -0.282 e. The molecular weight excluding hydrogens is 238 g/mol. The third kappa shape index (κ3) is 1.40. The predicted octanol–water partition coefficient (Wildman–Crippen LogP) is 0.402. The van der Waals surface area contributed by atoms with E-state index < -0.39 is 5.63 Å². The molecule has 2 aromatic heterocycles. The maximum absolute atomic E-state index is 10.9. The molecule has 6 heteroatoms. The van der Waals surface area contributed by atoms with Crippen molar-refractivity contribution in [1.29, 1.82) is 0 Å². The van der Waals surface area contributed by atoms with Gasteiger partial charge in [0.05, 0.1) is 0 Å². The summed E-state index contributed by atoms with van der Waals surface area (Å²) < 4.78 is 6.32. The number of hydrogen-bond donors (Lipinski definition) is 1. The van der Waals surface area contributed by atoms with Crippen molar-refractivity contribution in [3.8, 4) is 5.69 Å². The number of aromatic amines is 1. The summed E-state index contributed by atoms with van der Waals surface area (Å²) in [6.07, 6.45) is 3.26. The van der Waals surface area contributed by atoms with Gasteiger partial charge in [-0.15, -0.1) is 0 Å². The van der Waals surface area contributed by atoms with E-state index in [0.29, 0.717) is 4.60 Å². The number of pyridine rings is 1. The smallest absolute Gasteiger partial charge is 0.282 e.